The average molecular weight is 210 g/mol. The quantitative estimate of drug-likeness (QED) is 0.685. The molecule has 84 valence electrons. The van der Waals surface area contributed by atoms with Gasteiger partial charge in [0.15, 0.2) is 0 Å². The van der Waals surface area contributed by atoms with Crippen molar-refractivity contribution in [3.63, 3.8) is 0 Å². The van der Waals surface area contributed by atoms with E-state index in [1.165, 1.54) is 0 Å². The van der Waals surface area contributed by atoms with Crippen molar-refractivity contribution in [3.05, 3.63) is 24.0 Å². The molecule has 15 heavy (non-hydrogen) atoms. The summed E-state index contributed by atoms with van der Waals surface area (Å²) in [6, 6.07) is 3.46. The van der Waals surface area contributed by atoms with Crippen molar-refractivity contribution in [2.45, 2.75) is 32.3 Å². The summed E-state index contributed by atoms with van der Waals surface area (Å²) in [6.07, 6.45) is 3.27. The van der Waals surface area contributed by atoms with Crippen LogP contribution in [0.2, 0.25) is 0 Å². The van der Waals surface area contributed by atoms with Crippen LogP contribution >= 0.6 is 0 Å². The summed E-state index contributed by atoms with van der Waals surface area (Å²) in [5.41, 5.74) is -0.306. The predicted molar refractivity (Wildman–Crippen MR) is 58.7 cm³/mol. The predicted octanol–water partition coefficient (Wildman–Crippen LogP) is 1.30. The van der Waals surface area contributed by atoms with Crippen molar-refractivity contribution in [1.82, 2.24) is 10.3 Å². The molecule has 0 aliphatic carbocycles. The number of hydrogen-bond acceptors (Lipinski definition) is 2. The molecule has 4 heteroatoms. The molecule has 0 radical (unpaired) electrons. The van der Waals surface area contributed by atoms with Crippen LogP contribution in [0.15, 0.2) is 18.3 Å². The van der Waals surface area contributed by atoms with E-state index in [0.29, 0.717) is 12.1 Å². The van der Waals surface area contributed by atoms with Crippen molar-refractivity contribution in [1.29, 1.82) is 0 Å². The van der Waals surface area contributed by atoms with Gasteiger partial charge in [-0.3, -0.25) is 4.79 Å². The minimum absolute atomic E-state index is 0.184. The topological polar surface area (TPSA) is 65.1 Å². The highest BCUT2D eigenvalue weighted by Crippen LogP contribution is 2.10. The molecule has 0 saturated heterocycles. The van der Waals surface area contributed by atoms with Crippen LogP contribution in [0, 0.1) is 0 Å². The Hall–Kier alpha value is -1.29. The van der Waals surface area contributed by atoms with Gasteiger partial charge in [-0.1, -0.05) is 13.3 Å². The summed E-state index contributed by atoms with van der Waals surface area (Å²) < 4.78 is 0. The molecule has 0 saturated carbocycles. The van der Waals surface area contributed by atoms with Gasteiger partial charge in [-0.25, -0.2) is 0 Å². The van der Waals surface area contributed by atoms with Crippen molar-refractivity contribution in [2.75, 3.05) is 6.54 Å². The fourth-order valence-electron chi connectivity index (χ4n) is 1.46. The minimum atomic E-state index is -0.822. The van der Waals surface area contributed by atoms with E-state index in [-0.39, 0.29) is 12.5 Å². The number of rotatable bonds is 5. The Kier molecular flexibility index (Phi) is 3.91. The first-order chi connectivity index (χ1) is 7.05. The monoisotopic (exact) mass is 210 g/mol. The molecule has 4 nitrogen and oxygen atoms in total. The lowest BCUT2D eigenvalue weighted by atomic mass is 10.0. The first-order valence-electron chi connectivity index (χ1n) is 5.19. The molecular weight excluding hydrogens is 192 g/mol. The number of aliphatic hydroxyl groups is 1. The first kappa shape index (κ1) is 11.8. The summed E-state index contributed by atoms with van der Waals surface area (Å²) in [5.74, 6) is -0.184. The van der Waals surface area contributed by atoms with Gasteiger partial charge < -0.3 is 15.4 Å². The van der Waals surface area contributed by atoms with Crippen LogP contribution in [0.3, 0.4) is 0 Å². The molecule has 1 amide bonds. The fourth-order valence-corrected chi connectivity index (χ4v) is 1.46. The lowest BCUT2D eigenvalue weighted by molar-refractivity contribution is 0.0468. The second-order valence-electron chi connectivity index (χ2n) is 4.01. The van der Waals surface area contributed by atoms with E-state index < -0.39 is 5.60 Å². The smallest absolute Gasteiger partial charge is 0.267 e. The van der Waals surface area contributed by atoms with E-state index in [0.717, 1.165) is 6.42 Å². The van der Waals surface area contributed by atoms with Crippen LogP contribution in [-0.4, -0.2) is 28.1 Å². The zero-order valence-electron chi connectivity index (χ0n) is 9.21. The van der Waals surface area contributed by atoms with Crippen molar-refractivity contribution in [3.8, 4) is 0 Å². The molecule has 1 atom stereocenters. The van der Waals surface area contributed by atoms with Gasteiger partial charge in [0.05, 0.1) is 5.60 Å². The molecule has 0 aliphatic heterocycles. The summed E-state index contributed by atoms with van der Waals surface area (Å²) in [6.45, 7) is 4.01. The Morgan fingerprint density at radius 1 is 1.67 bits per heavy atom. The lowest BCUT2D eigenvalue weighted by Crippen LogP contribution is -2.40. The Bertz CT molecular complexity index is 304. The van der Waals surface area contributed by atoms with Gasteiger partial charge >= 0.3 is 0 Å². The molecule has 0 spiro atoms. The van der Waals surface area contributed by atoms with E-state index in [2.05, 4.69) is 10.3 Å². The molecule has 1 heterocycles. The number of aromatic nitrogens is 1. The number of aromatic amines is 1. The van der Waals surface area contributed by atoms with Crippen LogP contribution < -0.4 is 5.32 Å². The Labute approximate surface area is 89.7 Å². The van der Waals surface area contributed by atoms with Crippen LogP contribution in [-0.2, 0) is 0 Å². The normalized spacial score (nSPS) is 14.6. The zero-order chi connectivity index (χ0) is 11.3. The largest absolute Gasteiger partial charge is 0.388 e. The second kappa shape index (κ2) is 4.98. The molecule has 0 bridgehead atoms. The van der Waals surface area contributed by atoms with Crippen LogP contribution in [0.1, 0.15) is 37.2 Å². The van der Waals surface area contributed by atoms with E-state index in [1.807, 2.05) is 6.92 Å². The van der Waals surface area contributed by atoms with E-state index in [4.69, 9.17) is 0 Å². The number of carbonyl (C=O) groups is 1. The van der Waals surface area contributed by atoms with E-state index >= 15 is 0 Å². The van der Waals surface area contributed by atoms with Crippen LogP contribution in [0.5, 0.6) is 0 Å². The highest BCUT2D eigenvalue weighted by atomic mass is 16.3. The maximum atomic E-state index is 11.5. The van der Waals surface area contributed by atoms with E-state index in [1.54, 1.807) is 25.3 Å². The molecule has 1 aromatic heterocycles. The third-order valence-corrected chi connectivity index (χ3v) is 2.26. The lowest BCUT2D eigenvalue weighted by Gasteiger charge is -2.22. The first-order valence-corrected chi connectivity index (χ1v) is 5.19. The molecule has 1 rings (SSSR count). The van der Waals surface area contributed by atoms with Gasteiger partial charge in [0, 0.05) is 12.7 Å². The Morgan fingerprint density at radius 3 is 2.93 bits per heavy atom. The Morgan fingerprint density at radius 2 is 2.40 bits per heavy atom. The zero-order valence-corrected chi connectivity index (χ0v) is 9.21. The minimum Gasteiger partial charge on any atom is -0.388 e. The molecule has 0 aromatic carbocycles. The van der Waals surface area contributed by atoms with Crippen molar-refractivity contribution < 1.29 is 9.90 Å². The highest BCUT2D eigenvalue weighted by Gasteiger charge is 2.20. The number of carbonyl (C=O) groups excluding carboxylic acids is 1. The van der Waals surface area contributed by atoms with Gasteiger partial charge in [0.2, 0.25) is 0 Å². The SMILES string of the molecule is CCCC(C)(O)CNC(=O)c1ccc[nH]1. The van der Waals surface area contributed by atoms with Gasteiger partial charge in [-0.05, 0) is 25.5 Å². The summed E-state index contributed by atoms with van der Waals surface area (Å²) in [5, 5.41) is 12.5. The van der Waals surface area contributed by atoms with Crippen LogP contribution in [0.25, 0.3) is 0 Å². The summed E-state index contributed by atoms with van der Waals surface area (Å²) in [7, 11) is 0. The van der Waals surface area contributed by atoms with Crippen LogP contribution in [0.4, 0.5) is 0 Å². The third-order valence-electron chi connectivity index (χ3n) is 2.26. The summed E-state index contributed by atoms with van der Waals surface area (Å²) >= 11 is 0. The maximum Gasteiger partial charge on any atom is 0.267 e. The van der Waals surface area contributed by atoms with Gasteiger partial charge in [-0.15, -0.1) is 0 Å². The molecule has 0 fully saturated rings. The average Bonchev–Trinajstić information content (AvgIpc) is 2.67. The molecule has 1 unspecified atom stereocenters. The number of hydrogen-bond donors (Lipinski definition) is 3. The second-order valence-corrected chi connectivity index (χ2v) is 4.01. The molecule has 1 aromatic rings. The van der Waals surface area contributed by atoms with Gasteiger partial charge in [0.25, 0.3) is 5.91 Å². The van der Waals surface area contributed by atoms with E-state index in [9.17, 15) is 9.90 Å². The molecule has 0 aliphatic rings. The number of nitrogens with one attached hydrogen (secondary N) is 2. The highest BCUT2D eigenvalue weighted by molar-refractivity contribution is 5.92. The third kappa shape index (κ3) is 3.75. The maximum absolute atomic E-state index is 11.5. The fraction of sp³-hybridized carbons (Fsp3) is 0.545. The Balaban J connectivity index is 2.40. The van der Waals surface area contributed by atoms with Gasteiger partial charge in [-0.2, -0.15) is 0 Å². The van der Waals surface area contributed by atoms with Gasteiger partial charge in [0.1, 0.15) is 5.69 Å². The van der Waals surface area contributed by atoms with Crippen molar-refractivity contribution in [2.24, 2.45) is 0 Å². The molecule has 3 N–H and O–H groups in total. The number of H-pyrrole nitrogens is 1. The van der Waals surface area contributed by atoms with Crippen molar-refractivity contribution >= 4 is 5.91 Å². The number of amides is 1. The standard InChI is InChI=1S/C11H18N2O2/c1-3-6-11(2,15)8-13-10(14)9-5-4-7-12-9/h4-5,7,12,15H,3,6,8H2,1-2H3,(H,13,14). The molecular formula is C11H18N2O2. The summed E-state index contributed by atoms with van der Waals surface area (Å²) in [4.78, 5) is 14.3.